The van der Waals surface area contributed by atoms with Crippen LogP contribution < -0.4 is 14.9 Å². The van der Waals surface area contributed by atoms with E-state index in [1.807, 2.05) is 19.1 Å². The van der Waals surface area contributed by atoms with Crippen LogP contribution in [0.4, 0.5) is 5.69 Å². The quantitative estimate of drug-likeness (QED) is 0.279. The van der Waals surface area contributed by atoms with E-state index in [0.717, 1.165) is 5.56 Å². The number of nitrogens with zero attached hydrogens (tertiary/aromatic N) is 2. The maximum absolute atomic E-state index is 12.2. The molecular weight excluding hydrogens is 434 g/mol. The third kappa shape index (κ3) is 6.29. The van der Waals surface area contributed by atoms with E-state index in [9.17, 15) is 14.9 Å². The first-order chi connectivity index (χ1) is 15.5. The number of benzene rings is 3. The Bertz CT molecular complexity index is 1130. The molecule has 0 aliphatic carbocycles. The van der Waals surface area contributed by atoms with Gasteiger partial charge in [0.05, 0.1) is 17.7 Å². The molecule has 0 spiro atoms. The molecule has 1 amide bonds. The van der Waals surface area contributed by atoms with E-state index in [2.05, 4.69) is 10.5 Å². The number of nitro groups is 1. The van der Waals surface area contributed by atoms with E-state index < -0.39 is 10.8 Å². The Morgan fingerprint density at radius 1 is 1.09 bits per heavy atom. The lowest BCUT2D eigenvalue weighted by Gasteiger charge is -2.12. The minimum Gasteiger partial charge on any atom is -0.490 e. The molecule has 0 radical (unpaired) electrons. The van der Waals surface area contributed by atoms with E-state index in [1.165, 1.54) is 30.5 Å². The number of hydrogen-bond donors (Lipinski definition) is 1. The van der Waals surface area contributed by atoms with Gasteiger partial charge < -0.3 is 9.47 Å². The fraction of sp³-hybridized carbons (Fsp3) is 0.130. The molecule has 0 fully saturated rings. The van der Waals surface area contributed by atoms with Gasteiger partial charge in [0.15, 0.2) is 11.5 Å². The second-order valence-electron chi connectivity index (χ2n) is 6.56. The second kappa shape index (κ2) is 10.9. The third-order valence-corrected chi connectivity index (χ3v) is 4.53. The molecule has 0 heterocycles. The van der Waals surface area contributed by atoms with Crippen molar-refractivity contribution in [1.82, 2.24) is 5.43 Å². The fourth-order valence-electron chi connectivity index (χ4n) is 2.72. The molecule has 9 heteroatoms. The number of hydrogen-bond acceptors (Lipinski definition) is 6. The number of halogens is 1. The molecule has 0 aliphatic rings. The van der Waals surface area contributed by atoms with E-state index >= 15 is 0 Å². The molecule has 3 aromatic rings. The molecule has 0 saturated carbocycles. The van der Waals surface area contributed by atoms with Crippen molar-refractivity contribution in [3.8, 4) is 11.5 Å². The summed E-state index contributed by atoms with van der Waals surface area (Å²) >= 11 is 5.90. The molecule has 0 aliphatic heterocycles. The molecule has 0 bridgehead atoms. The Balaban J connectivity index is 1.65. The molecule has 0 atom stereocenters. The molecule has 3 aromatic carbocycles. The van der Waals surface area contributed by atoms with Gasteiger partial charge in [-0.15, -0.1) is 0 Å². The minimum atomic E-state index is -0.564. The summed E-state index contributed by atoms with van der Waals surface area (Å²) in [7, 11) is 0. The number of rotatable bonds is 9. The highest BCUT2D eigenvalue weighted by molar-refractivity contribution is 6.30. The van der Waals surface area contributed by atoms with Gasteiger partial charge in [-0.2, -0.15) is 5.10 Å². The van der Waals surface area contributed by atoms with Gasteiger partial charge in [-0.25, -0.2) is 5.43 Å². The van der Waals surface area contributed by atoms with Crippen LogP contribution >= 0.6 is 11.6 Å². The summed E-state index contributed by atoms with van der Waals surface area (Å²) in [5.41, 5.74) is 3.96. The van der Waals surface area contributed by atoms with Crippen molar-refractivity contribution in [3.05, 3.63) is 98.6 Å². The van der Waals surface area contributed by atoms with Crippen LogP contribution in [0.2, 0.25) is 5.02 Å². The topological polar surface area (TPSA) is 103 Å². The van der Waals surface area contributed by atoms with Crippen LogP contribution in [0.25, 0.3) is 0 Å². The summed E-state index contributed by atoms with van der Waals surface area (Å²) in [5, 5.41) is 15.4. The van der Waals surface area contributed by atoms with Crippen molar-refractivity contribution in [2.75, 3.05) is 6.61 Å². The van der Waals surface area contributed by atoms with Crippen molar-refractivity contribution >= 4 is 29.4 Å². The first kappa shape index (κ1) is 22.8. The van der Waals surface area contributed by atoms with Crippen molar-refractivity contribution in [1.29, 1.82) is 0 Å². The molecule has 3 rings (SSSR count). The van der Waals surface area contributed by atoms with Gasteiger partial charge in [-0.3, -0.25) is 14.9 Å². The molecule has 0 unspecified atom stereocenters. The maximum Gasteiger partial charge on any atom is 0.271 e. The third-order valence-electron chi connectivity index (χ3n) is 4.27. The van der Waals surface area contributed by atoms with Crippen LogP contribution in [-0.2, 0) is 6.61 Å². The molecule has 164 valence electrons. The lowest BCUT2D eigenvalue weighted by molar-refractivity contribution is -0.384. The van der Waals surface area contributed by atoms with Gasteiger partial charge in [0.1, 0.15) is 6.61 Å². The second-order valence-corrected chi connectivity index (χ2v) is 7.00. The van der Waals surface area contributed by atoms with Gasteiger partial charge in [0, 0.05) is 22.7 Å². The Morgan fingerprint density at radius 2 is 1.88 bits per heavy atom. The normalized spacial score (nSPS) is 10.7. The average molecular weight is 454 g/mol. The van der Waals surface area contributed by atoms with E-state index in [-0.39, 0.29) is 11.3 Å². The highest BCUT2D eigenvalue weighted by Crippen LogP contribution is 2.29. The standard InChI is InChI=1S/C23H20ClN3O5/c1-2-31-22-12-17(8-11-21(22)32-15-16-6-9-19(24)10-7-16)14-25-26-23(28)18-4-3-5-20(13-18)27(29)30/h3-14H,2,15H2,1H3,(H,26,28)/b25-14-. The van der Waals surface area contributed by atoms with E-state index in [0.29, 0.717) is 35.3 Å². The predicted octanol–water partition coefficient (Wildman–Crippen LogP) is 4.99. The number of ether oxygens (including phenoxy) is 2. The maximum atomic E-state index is 12.2. The summed E-state index contributed by atoms with van der Waals surface area (Å²) in [6.07, 6.45) is 1.45. The SMILES string of the molecule is CCOc1cc(/C=N\NC(=O)c2cccc([N+](=O)[O-])c2)ccc1OCc1ccc(Cl)cc1. The number of nitrogens with one attached hydrogen (secondary N) is 1. The number of amides is 1. The fourth-order valence-corrected chi connectivity index (χ4v) is 2.85. The predicted molar refractivity (Wildman–Crippen MR) is 122 cm³/mol. The van der Waals surface area contributed by atoms with E-state index in [4.69, 9.17) is 21.1 Å². The highest BCUT2D eigenvalue weighted by atomic mass is 35.5. The zero-order chi connectivity index (χ0) is 22.9. The Morgan fingerprint density at radius 3 is 2.59 bits per heavy atom. The minimum absolute atomic E-state index is 0.136. The van der Waals surface area contributed by atoms with Crippen LogP contribution in [0.3, 0.4) is 0 Å². The number of non-ortho nitro benzene ring substituents is 1. The van der Waals surface area contributed by atoms with Crippen molar-refractivity contribution in [3.63, 3.8) is 0 Å². The Kier molecular flexibility index (Phi) is 7.77. The van der Waals surface area contributed by atoms with Gasteiger partial charge >= 0.3 is 0 Å². The lowest BCUT2D eigenvalue weighted by Crippen LogP contribution is -2.17. The van der Waals surface area contributed by atoms with Crippen molar-refractivity contribution in [2.45, 2.75) is 13.5 Å². The van der Waals surface area contributed by atoms with Crippen LogP contribution in [0.15, 0.2) is 71.8 Å². The van der Waals surface area contributed by atoms with Gasteiger partial charge in [-0.05, 0) is 54.4 Å². The molecule has 32 heavy (non-hydrogen) atoms. The van der Waals surface area contributed by atoms with Crippen LogP contribution in [0, 0.1) is 10.1 Å². The van der Waals surface area contributed by atoms with Crippen LogP contribution in [0.1, 0.15) is 28.4 Å². The summed E-state index contributed by atoms with van der Waals surface area (Å²) in [6, 6.07) is 18.0. The molecule has 1 N–H and O–H groups in total. The lowest BCUT2D eigenvalue weighted by atomic mass is 10.2. The largest absolute Gasteiger partial charge is 0.490 e. The number of hydrazone groups is 1. The number of carbonyl (C=O) groups is 1. The molecular formula is C23H20ClN3O5. The summed E-state index contributed by atoms with van der Waals surface area (Å²) in [6.45, 7) is 2.66. The van der Waals surface area contributed by atoms with E-state index in [1.54, 1.807) is 30.3 Å². The highest BCUT2D eigenvalue weighted by Gasteiger charge is 2.11. The summed E-state index contributed by atoms with van der Waals surface area (Å²) in [4.78, 5) is 22.5. The zero-order valence-corrected chi connectivity index (χ0v) is 17.9. The van der Waals surface area contributed by atoms with Crippen molar-refractivity contribution < 1.29 is 19.2 Å². The first-order valence-electron chi connectivity index (χ1n) is 9.68. The number of nitro benzene ring substituents is 1. The first-order valence-corrected chi connectivity index (χ1v) is 10.1. The van der Waals surface area contributed by atoms with Crippen LogP contribution in [0.5, 0.6) is 11.5 Å². The van der Waals surface area contributed by atoms with Gasteiger partial charge in [0.2, 0.25) is 0 Å². The molecule has 0 saturated heterocycles. The Hall–Kier alpha value is -3.91. The molecule has 0 aromatic heterocycles. The number of carbonyl (C=O) groups excluding carboxylic acids is 1. The summed E-state index contributed by atoms with van der Waals surface area (Å²) in [5.74, 6) is 0.549. The zero-order valence-electron chi connectivity index (χ0n) is 17.2. The summed E-state index contributed by atoms with van der Waals surface area (Å²) < 4.78 is 11.5. The average Bonchev–Trinajstić information content (AvgIpc) is 2.80. The van der Waals surface area contributed by atoms with Crippen molar-refractivity contribution in [2.24, 2.45) is 5.10 Å². The molecule has 8 nitrogen and oxygen atoms in total. The monoisotopic (exact) mass is 453 g/mol. The Labute approximate surface area is 189 Å². The van der Waals surface area contributed by atoms with Gasteiger partial charge in [-0.1, -0.05) is 29.8 Å². The van der Waals surface area contributed by atoms with Crippen LogP contribution in [-0.4, -0.2) is 23.7 Å². The van der Waals surface area contributed by atoms with Gasteiger partial charge in [0.25, 0.3) is 11.6 Å². The smallest absolute Gasteiger partial charge is 0.271 e.